The van der Waals surface area contributed by atoms with Crippen molar-refractivity contribution in [3.63, 3.8) is 0 Å². The second kappa shape index (κ2) is 8.82. The van der Waals surface area contributed by atoms with Gasteiger partial charge >= 0.3 is 0 Å². The molecular weight excluding hydrogens is 444 g/mol. The van der Waals surface area contributed by atoms with Gasteiger partial charge in [-0.1, -0.05) is 41.5 Å². The van der Waals surface area contributed by atoms with Gasteiger partial charge in [0.15, 0.2) is 22.4 Å². The van der Waals surface area contributed by atoms with E-state index in [0.717, 1.165) is 0 Å². The lowest BCUT2D eigenvalue weighted by atomic mass is 10.0. The number of hydrogen-bond acceptors (Lipinski definition) is 7. The molecule has 0 amide bonds. The molecule has 32 heavy (non-hydrogen) atoms. The van der Waals surface area contributed by atoms with Crippen molar-refractivity contribution in [2.75, 3.05) is 6.61 Å². The van der Waals surface area contributed by atoms with Gasteiger partial charge in [0.1, 0.15) is 30.7 Å². The Morgan fingerprint density at radius 3 is 1.88 bits per heavy atom. The van der Waals surface area contributed by atoms with Gasteiger partial charge in [-0.05, 0) is 50.1 Å². The standard InChI is InChI=1S/C23H46O7Si2/c1-20(2,3)31(9,10)29-18-17(16-15-26-22(7,8)27-16)28-23(25,13-14-24)19(18)30-32(11,12)21(4,5)6/h14,16-19,25H,13,15H2,1-12H3/t16-,17-,18+,19-,23?/m1/s1. The number of ether oxygens (including phenoxy) is 3. The number of carbonyl (C=O) groups is 1. The Kier molecular flexibility index (Phi) is 7.75. The van der Waals surface area contributed by atoms with Crippen LogP contribution in [0.1, 0.15) is 61.8 Å². The fourth-order valence-corrected chi connectivity index (χ4v) is 6.14. The zero-order valence-electron chi connectivity index (χ0n) is 22.2. The molecule has 188 valence electrons. The molecule has 1 unspecified atom stereocenters. The van der Waals surface area contributed by atoms with Crippen molar-refractivity contribution in [1.82, 2.24) is 0 Å². The van der Waals surface area contributed by atoms with Crippen molar-refractivity contribution < 1.29 is 33.0 Å². The molecule has 0 aliphatic carbocycles. The number of aliphatic hydroxyl groups is 1. The molecule has 9 heteroatoms. The van der Waals surface area contributed by atoms with Crippen molar-refractivity contribution in [1.29, 1.82) is 0 Å². The topological polar surface area (TPSA) is 83.5 Å². The van der Waals surface area contributed by atoms with E-state index in [1.165, 1.54) is 0 Å². The van der Waals surface area contributed by atoms with Crippen LogP contribution in [0.25, 0.3) is 0 Å². The van der Waals surface area contributed by atoms with Crippen molar-refractivity contribution in [3.05, 3.63) is 0 Å². The van der Waals surface area contributed by atoms with Gasteiger partial charge in [0.25, 0.3) is 0 Å². The van der Waals surface area contributed by atoms with E-state index < -0.39 is 52.6 Å². The zero-order chi connectivity index (χ0) is 25.0. The van der Waals surface area contributed by atoms with Crippen LogP contribution >= 0.6 is 0 Å². The van der Waals surface area contributed by atoms with E-state index in [-0.39, 0.29) is 16.5 Å². The van der Waals surface area contributed by atoms with Crippen LogP contribution in [-0.2, 0) is 27.9 Å². The van der Waals surface area contributed by atoms with E-state index in [2.05, 4.69) is 67.7 Å². The van der Waals surface area contributed by atoms with Crippen molar-refractivity contribution in [2.45, 2.75) is 134 Å². The van der Waals surface area contributed by atoms with Gasteiger partial charge in [-0.3, -0.25) is 0 Å². The first-order valence-corrected chi connectivity index (χ1v) is 17.5. The summed E-state index contributed by atoms with van der Waals surface area (Å²) in [6.07, 6.45) is -1.96. The molecule has 0 spiro atoms. The molecule has 2 saturated heterocycles. The van der Waals surface area contributed by atoms with E-state index in [1.807, 2.05) is 13.8 Å². The monoisotopic (exact) mass is 490 g/mol. The summed E-state index contributed by atoms with van der Waals surface area (Å²) in [5.74, 6) is -2.54. The maximum atomic E-state index is 11.6. The number of carbonyl (C=O) groups excluding carboxylic acids is 1. The number of hydrogen-bond donors (Lipinski definition) is 1. The molecule has 2 aliphatic rings. The predicted molar refractivity (Wildman–Crippen MR) is 130 cm³/mol. The van der Waals surface area contributed by atoms with Crippen molar-refractivity contribution in [2.24, 2.45) is 0 Å². The summed E-state index contributed by atoms with van der Waals surface area (Å²) >= 11 is 0. The minimum absolute atomic E-state index is 0.0588. The van der Waals surface area contributed by atoms with Crippen LogP contribution in [0.5, 0.6) is 0 Å². The Bertz CT molecular complexity index is 681. The maximum Gasteiger partial charge on any atom is 0.200 e. The van der Waals surface area contributed by atoms with Crippen molar-refractivity contribution >= 4 is 22.9 Å². The summed E-state index contributed by atoms with van der Waals surface area (Å²) in [5.41, 5.74) is 0. The summed E-state index contributed by atoms with van der Waals surface area (Å²) in [4.78, 5) is 11.6. The summed E-state index contributed by atoms with van der Waals surface area (Å²) in [6.45, 7) is 25.6. The van der Waals surface area contributed by atoms with Crippen molar-refractivity contribution in [3.8, 4) is 0 Å². The van der Waals surface area contributed by atoms with Gasteiger partial charge in [-0.2, -0.15) is 0 Å². The fourth-order valence-electron chi connectivity index (χ4n) is 3.55. The molecule has 0 radical (unpaired) electrons. The Morgan fingerprint density at radius 1 is 0.969 bits per heavy atom. The first-order valence-electron chi connectivity index (χ1n) is 11.7. The summed E-state index contributed by atoms with van der Waals surface area (Å²) in [7, 11) is -4.63. The van der Waals surface area contributed by atoms with Crippen LogP contribution in [0.4, 0.5) is 0 Å². The Balaban J connectivity index is 2.53. The first kappa shape index (κ1) is 28.1. The van der Waals surface area contributed by atoms with E-state index in [9.17, 15) is 9.90 Å². The third-order valence-electron chi connectivity index (χ3n) is 7.64. The zero-order valence-corrected chi connectivity index (χ0v) is 24.2. The number of aldehydes is 1. The molecule has 0 aromatic rings. The quantitative estimate of drug-likeness (QED) is 0.412. The van der Waals surface area contributed by atoms with Crippen LogP contribution in [0.15, 0.2) is 0 Å². The largest absolute Gasteiger partial charge is 0.408 e. The van der Waals surface area contributed by atoms with Crippen LogP contribution in [0.2, 0.25) is 36.3 Å². The summed E-state index contributed by atoms with van der Waals surface area (Å²) < 4.78 is 31.8. The van der Waals surface area contributed by atoms with E-state index in [1.54, 1.807) is 0 Å². The lowest BCUT2D eigenvalue weighted by molar-refractivity contribution is -0.238. The molecule has 0 aromatic heterocycles. The molecule has 2 fully saturated rings. The van der Waals surface area contributed by atoms with Gasteiger partial charge in [-0.15, -0.1) is 0 Å². The van der Waals surface area contributed by atoms with Crippen LogP contribution in [0.3, 0.4) is 0 Å². The van der Waals surface area contributed by atoms with E-state index in [4.69, 9.17) is 23.1 Å². The highest BCUT2D eigenvalue weighted by molar-refractivity contribution is 6.74. The summed E-state index contributed by atoms with van der Waals surface area (Å²) in [5, 5.41) is 11.4. The highest BCUT2D eigenvalue weighted by Gasteiger charge is 2.62. The predicted octanol–water partition coefficient (Wildman–Crippen LogP) is 4.60. The Hall–Kier alpha value is -0.136. The average molecular weight is 491 g/mol. The minimum Gasteiger partial charge on any atom is -0.408 e. The van der Waals surface area contributed by atoms with Gasteiger partial charge in [0.2, 0.25) is 5.79 Å². The van der Waals surface area contributed by atoms with Crippen LogP contribution in [-0.4, -0.2) is 70.6 Å². The molecule has 1 N–H and O–H groups in total. The molecule has 0 aromatic carbocycles. The molecule has 0 bridgehead atoms. The third kappa shape index (κ3) is 5.74. The summed E-state index contributed by atoms with van der Waals surface area (Å²) in [6, 6.07) is 0. The molecule has 2 aliphatic heterocycles. The van der Waals surface area contributed by atoms with Crippen LogP contribution < -0.4 is 0 Å². The van der Waals surface area contributed by atoms with Gasteiger partial charge in [0, 0.05) is 0 Å². The first-order chi connectivity index (χ1) is 14.2. The van der Waals surface area contributed by atoms with Gasteiger partial charge in [-0.25, -0.2) is 0 Å². The molecular formula is C23H46O7Si2. The highest BCUT2D eigenvalue weighted by atomic mass is 28.4. The van der Waals surface area contributed by atoms with Gasteiger partial charge in [0.05, 0.1) is 13.0 Å². The molecule has 7 nitrogen and oxygen atoms in total. The second-order valence-electron chi connectivity index (χ2n) is 12.8. The molecule has 2 heterocycles. The fraction of sp³-hybridized carbons (Fsp3) is 0.957. The lowest BCUT2D eigenvalue weighted by Crippen LogP contribution is -2.57. The normalized spacial score (nSPS) is 34.2. The second-order valence-corrected chi connectivity index (χ2v) is 22.3. The number of rotatable bonds is 7. The molecule has 5 atom stereocenters. The third-order valence-corrected chi connectivity index (χ3v) is 16.6. The minimum atomic E-state index is -2.34. The SMILES string of the molecule is CC1(C)OC[C@H]([C@H]2OC(O)(CC=O)[C@H](O[Si](C)(C)C(C)(C)C)[C@H]2O[Si](C)(C)C(C)(C)C)O1. The van der Waals surface area contributed by atoms with Crippen LogP contribution in [0, 0.1) is 0 Å². The molecule has 2 rings (SSSR count). The Morgan fingerprint density at radius 2 is 1.47 bits per heavy atom. The average Bonchev–Trinajstić information content (AvgIpc) is 3.04. The lowest BCUT2D eigenvalue weighted by Gasteiger charge is -2.45. The Labute approximate surface area is 196 Å². The van der Waals surface area contributed by atoms with Gasteiger partial charge < -0.3 is 33.0 Å². The molecule has 0 saturated carbocycles. The van der Waals surface area contributed by atoms with E-state index >= 15 is 0 Å². The van der Waals surface area contributed by atoms with E-state index in [0.29, 0.717) is 12.9 Å². The maximum absolute atomic E-state index is 11.6. The highest BCUT2D eigenvalue weighted by Crippen LogP contribution is 2.47. The smallest absolute Gasteiger partial charge is 0.200 e.